The molecule has 0 fully saturated rings. The summed E-state index contributed by atoms with van der Waals surface area (Å²) in [5, 5.41) is 2.78. The number of carbonyl (C=O) groups is 1. The first-order valence-electron chi connectivity index (χ1n) is 6.13. The van der Waals surface area contributed by atoms with Crippen LogP contribution < -0.4 is 5.32 Å². The molecule has 17 heavy (non-hydrogen) atoms. The number of amides is 1. The van der Waals surface area contributed by atoms with Gasteiger partial charge in [-0.05, 0) is 54.9 Å². The molecule has 1 amide bonds. The fraction of sp³-hybridized carbons (Fsp3) is 0.923. The highest BCUT2D eigenvalue weighted by Gasteiger charge is 2.18. The van der Waals surface area contributed by atoms with Crippen LogP contribution in [-0.2, 0) is 9.47 Å². The first-order valence-corrected chi connectivity index (χ1v) is 6.13. The third-order valence-corrected chi connectivity index (χ3v) is 1.85. The van der Waals surface area contributed by atoms with Crippen molar-refractivity contribution in [2.24, 2.45) is 0 Å². The third-order valence-electron chi connectivity index (χ3n) is 1.85. The van der Waals surface area contributed by atoms with Gasteiger partial charge in [0.15, 0.2) is 0 Å². The van der Waals surface area contributed by atoms with Gasteiger partial charge >= 0.3 is 6.09 Å². The van der Waals surface area contributed by atoms with Gasteiger partial charge < -0.3 is 14.8 Å². The molecule has 0 saturated carbocycles. The standard InChI is InChI=1S/C13H27NO3/c1-10(8-9-16-12(2,3)4)14-11(15)17-13(5,6)7/h10H,8-9H2,1-7H3,(H,14,15)/t10-/m1/s1. The molecule has 102 valence electrons. The average molecular weight is 245 g/mol. The Labute approximate surface area is 105 Å². The van der Waals surface area contributed by atoms with Crippen molar-refractivity contribution in [2.45, 2.75) is 72.1 Å². The largest absolute Gasteiger partial charge is 0.444 e. The van der Waals surface area contributed by atoms with Crippen LogP contribution in [0.1, 0.15) is 54.9 Å². The molecule has 4 heteroatoms. The molecule has 0 aromatic carbocycles. The Morgan fingerprint density at radius 3 is 2.06 bits per heavy atom. The number of alkyl carbamates (subject to hydrolysis) is 1. The quantitative estimate of drug-likeness (QED) is 0.828. The summed E-state index contributed by atoms with van der Waals surface area (Å²) in [6.07, 6.45) is 0.400. The van der Waals surface area contributed by atoms with E-state index >= 15 is 0 Å². The highest BCUT2D eigenvalue weighted by atomic mass is 16.6. The summed E-state index contributed by atoms with van der Waals surface area (Å²) in [7, 11) is 0. The summed E-state index contributed by atoms with van der Waals surface area (Å²) in [4.78, 5) is 11.5. The van der Waals surface area contributed by atoms with E-state index in [1.54, 1.807) is 0 Å². The van der Waals surface area contributed by atoms with Crippen molar-refractivity contribution < 1.29 is 14.3 Å². The van der Waals surface area contributed by atoms with Crippen molar-refractivity contribution in [3.05, 3.63) is 0 Å². The monoisotopic (exact) mass is 245 g/mol. The molecule has 0 aromatic heterocycles. The zero-order valence-electron chi connectivity index (χ0n) is 12.2. The molecule has 0 heterocycles. The van der Waals surface area contributed by atoms with Crippen LogP contribution in [0.4, 0.5) is 4.79 Å². The molecule has 0 aliphatic rings. The van der Waals surface area contributed by atoms with Crippen LogP contribution in [0.25, 0.3) is 0 Å². The second-order valence-electron chi connectivity index (χ2n) is 6.30. The number of carbonyl (C=O) groups excluding carboxylic acids is 1. The summed E-state index contributed by atoms with van der Waals surface area (Å²) < 4.78 is 10.8. The van der Waals surface area contributed by atoms with E-state index in [4.69, 9.17) is 9.47 Å². The van der Waals surface area contributed by atoms with Gasteiger partial charge in [-0.2, -0.15) is 0 Å². The molecule has 0 saturated heterocycles. The molecule has 4 nitrogen and oxygen atoms in total. The fourth-order valence-corrected chi connectivity index (χ4v) is 1.12. The van der Waals surface area contributed by atoms with Crippen molar-refractivity contribution in [3.63, 3.8) is 0 Å². The summed E-state index contributed by atoms with van der Waals surface area (Å²) in [5.74, 6) is 0. The van der Waals surface area contributed by atoms with Crippen LogP contribution >= 0.6 is 0 Å². The molecular formula is C13H27NO3. The van der Waals surface area contributed by atoms with Gasteiger partial charge in [-0.15, -0.1) is 0 Å². The first-order chi connectivity index (χ1) is 7.49. The Balaban J connectivity index is 3.79. The third kappa shape index (κ3) is 11.5. The second-order valence-corrected chi connectivity index (χ2v) is 6.30. The van der Waals surface area contributed by atoms with Gasteiger partial charge in [0.1, 0.15) is 5.60 Å². The van der Waals surface area contributed by atoms with Gasteiger partial charge in [-0.25, -0.2) is 4.79 Å². The van der Waals surface area contributed by atoms with E-state index in [9.17, 15) is 4.79 Å². The average Bonchev–Trinajstić information content (AvgIpc) is 1.96. The molecule has 0 aromatic rings. The predicted octanol–water partition coefficient (Wildman–Crippen LogP) is 3.10. The fourth-order valence-electron chi connectivity index (χ4n) is 1.12. The van der Waals surface area contributed by atoms with Gasteiger partial charge in [-0.1, -0.05) is 0 Å². The lowest BCUT2D eigenvalue weighted by atomic mass is 10.2. The molecule has 0 bridgehead atoms. The summed E-state index contributed by atoms with van der Waals surface area (Å²) in [6, 6.07) is 0.0483. The van der Waals surface area contributed by atoms with Crippen molar-refractivity contribution >= 4 is 6.09 Å². The predicted molar refractivity (Wildman–Crippen MR) is 69.2 cm³/mol. The van der Waals surface area contributed by atoms with E-state index in [0.29, 0.717) is 6.61 Å². The molecular weight excluding hydrogens is 218 g/mol. The topological polar surface area (TPSA) is 47.6 Å². The normalized spacial score (nSPS) is 14.3. The van der Waals surface area contributed by atoms with Gasteiger partial charge in [0.05, 0.1) is 5.60 Å². The van der Waals surface area contributed by atoms with Gasteiger partial charge in [-0.3, -0.25) is 0 Å². The van der Waals surface area contributed by atoms with Crippen molar-refractivity contribution in [1.82, 2.24) is 5.32 Å². The van der Waals surface area contributed by atoms with Crippen LogP contribution in [0, 0.1) is 0 Å². The Hall–Kier alpha value is -0.770. The van der Waals surface area contributed by atoms with Crippen LogP contribution in [0.3, 0.4) is 0 Å². The maximum Gasteiger partial charge on any atom is 0.407 e. The molecule has 0 rings (SSSR count). The minimum Gasteiger partial charge on any atom is -0.444 e. The molecule has 0 radical (unpaired) electrons. The Bertz CT molecular complexity index is 238. The Morgan fingerprint density at radius 2 is 1.65 bits per heavy atom. The first kappa shape index (κ1) is 16.2. The van der Waals surface area contributed by atoms with Crippen molar-refractivity contribution in [2.75, 3.05) is 6.61 Å². The van der Waals surface area contributed by atoms with Crippen LogP contribution in [0.2, 0.25) is 0 Å². The maximum absolute atomic E-state index is 11.5. The number of hydrogen-bond acceptors (Lipinski definition) is 3. The summed E-state index contributed by atoms with van der Waals surface area (Å²) in [6.45, 7) is 14.1. The van der Waals surface area contributed by atoms with Crippen LogP contribution in [-0.4, -0.2) is 29.9 Å². The van der Waals surface area contributed by atoms with E-state index in [1.165, 1.54) is 0 Å². The number of hydrogen-bond donors (Lipinski definition) is 1. The SMILES string of the molecule is C[C@H](CCOC(C)(C)C)NC(=O)OC(C)(C)C. The molecule has 0 unspecified atom stereocenters. The minimum absolute atomic E-state index is 0.0483. The summed E-state index contributed by atoms with van der Waals surface area (Å²) >= 11 is 0. The van der Waals surface area contributed by atoms with Gasteiger partial charge in [0.2, 0.25) is 0 Å². The van der Waals surface area contributed by atoms with Crippen molar-refractivity contribution in [1.29, 1.82) is 0 Å². The lowest BCUT2D eigenvalue weighted by Crippen LogP contribution is -2.38. The van der Waals surface area contributed by atoms with E-state index in [-0.39, 0.29) is 17.7 Å². The van der Waals surface area contributed by atoms with Crippen molar-refractivity contribution in [3.8, 4) is 0 Å². The molecule has 0 aliphatic heterocycles. The maximum atomic E-state index is 11.5. The van der Waals surface area contributed by atoms with E-state index in [0.717, 1.165) is 6.42 Å². The Kier molecular flexibility index (Phi) is 5.96. The number of nitrogens with one attached hydrogen (secondary N) is 1. The van der Waals surface area contributed by atoms with Gasteiger partial charge in [0.25, 0.3) is 0 Å². The molecule has 1 N–H and O–H groups in total. The molecule has 1 atom stereocenters. The zero-order valence-corrected chi connectivity index (χ0v) is 12.2. The second kappa shape index (κ2) is 6.24. The van der Waals surface area contributed by atoms with Crippen LogP contribution in [0.5, 0.6) is 0 Å². The Morgan fingerprint density at radius 1 is 1.12 bits per heavy atom. The van der Waals surface area contributed by atoms with Gasteiger partial charge in [0, 0.05) is 12.6 Å². The van der Waals surface area contributed by atoms with E-state index in [2.05, 4.69) is 5.32 Å². The lowest BCUT2D eigenvalue weighted by molar-refractivity contribution is -0.00712. The highest BCUT2D eigenvalue weighted by Crippen LogP contribution is 2.09. The van der Waals surface area contributed by atoms with E-state index < -0.39 is 5.60 Å². The lowest BCUT2D eigenvalue weighted by Gasteiger charge is -2.23. The highest BCUT2D eigenvalue weighted by molar-refractivity contribution is 5.67. The molecule has 0 spiro atoms. The smallest absolute Gasteiger partial charge is 0.407 e. The molecule has 0 aliphatic carbocycles. The zero-order chi connectivity index (χ0) is 13.7. The minimum atomic E-state index is -0.453. The number of rotatable bonds is 4. The van der Waals surface area contributed by atoms with Crippen LogP contribution in [0.15, 0.2) is 0 Å². The summed E-state index contributed by atoms with van der Waals surface area (Å²) in [5.41, 5.74) is -0.586. The van der Waals surface area contributed by atoms with E-state index in [1.807, 2.05) is 48.5 Å². The number of ether oxygens (including phenoxy) is 2.